The fourth-order valence-corrected chi connectivity index (χ4v) is 8.08. The fourth-order valence-electron chi connectivity index (χ4n) is 8.08. The van der Waals surface area contributed by atoms with Crippen molar-refractivity contribution in [3.05, 3.63) is 151 Å². The van der Waals surface area contributed by atoms with E-state index in [0.717, 1.165) is 27.6 Å². The Labute approximate surface area is 260 Å². The first kappa shape index (κ1) is 24.8. The van der Waals surface area contributed by atoms with Gasteiger partial charge in [0.1, 0.15) is 11.2 Å². The molecule has 0 bridgehead atoms. The molecule has 45 heavy (non-hydrogen) atoms. The molecular weight excluding hydrogens is 546 g/mol. The predicted octanol–water partition coefficient (Wildman–Crippen LogP) is 11.8. The molecule has 2 heterocycles. The normalized spacial score (nSPS) is 13.7. The van der Waals surface area contributed by atoms with Crippen molar-refractivity contribution in [1.29, 1.82) is 0 Å². The van der Waals surface area contributed by atoms with E-state index in [4.69, 9.17) is 4.42 Å². The Balaban J connectivity index is 1.33. The van der Waals surface area contributed by atoms with Gasteiger partial charge in [0.05, 0.1) is 16.4 Å². The summed E-state index contributed by atoms with van der Waals surface area (Å²) >= 11 is 0. The second kappa shape index (κ2) is 8.74. The van der Waals surface area contributed by atoms with Crippen LogP contribution in [0.5, 0.6) is 0 Å². The lowest BCUT2D eigenvalue weighted by Gasteiger charge is -2.22. The van der Waals surface area contributed by atoms with Crippen molar-refractivity contribution in [2.45, 2.75) is 19.3 Å². The summed E-state index contributed by atoms with van der Waals surface area (Å²) in [6.45, 7) is 4.70. The Morgan fingerprint density at radius 1 is 0.511 bits per heavy atom. The highest BCUT2D eigenvalue weighted by molar-refractivity contribution is 6.35. The van der Waals surface area contributed by atoms with Crippen LogP contribution in [-0.2, 0) is 5.41 Å². The molecule has 0 fully saturated rings. The van der Waals surface area contributed by atoms with Crippen molar-refractivity contribution in [3.63, 3.8) is 0 Å². The van der Waals surface area contributed by atoms with E-state index in [1.54, 1.807) is 0 Å². The third-order valence-corrected chi connectivity index (χ3v) is 10.2. The number of hydrogen-bond acceptors (Lipinski definition) is 1. The molecule has 0 saturated carbocycles. The number of hydrogen-bond donors (Lipinski definition) is 0. The Hall–Kier alpha value is -5.60. The Bertz CT molecular complexity index is 2670. The average molecular weight is 576 g/mol. The first-order chi connectivity index (χ1) is 22.1. The maximum absolute atomic E-state index is 6.79. The molecule has 7 aromatic carbocycles. The minimum atomic E-state index is -0.0469. The van der Waals surface area contributed by atoms with E-state index < -0.39 is 0 Å². The molecule has 0 amide bonds. The van der Waals surface area contributed by atoms with E-state index in [2.05, 4.69) is 158 Å². The summed E-state index contributed by atoms with van der Waals surface area (Å²) in [5.74, 6) is 0. The van der Waals surface area contributed by atoms with Crippen LogP contribution in [0.4, 0.5) is 0 Å². The SMILES string of the molecule is CC1(C)c2ccccc2-c2ccc(-c3ccc4c(c3)c3c5oc6ccccc6c5c5ccccc5c3n4-c3ccccc3)cc21. The summed E-state index contributed by atoms with van der Waals surface area (Å²) in [7, 11) is 0. The Morgan fingerprint density at radius 2 is 1.18 bits per heavy atom. The lowest BCUT2D eigenvalue weighted by atomic mass is 9.81. The predicted molar refractivity (Wildman–Crippen MR) is 189 cm³/mol. The van der Waals surface area contributed by atoms with Gasteiger partial charge in [0.25, 0.3) is 0 Å². The maximum atomic E-state index is 6.79. The molecule has 0 saturated heterocycles. The van der Waals surface area contributed by atoms with Gasteiger partial charge in [-0.3, -0.25) is 0 Å². The van der Waals surface area contributed by atoms with Crippen molar-refractivity contribution >= 4 is 54.5 Å². The molecule has 2 aromatic heterocycles. The van der Waals surface area contributed by atoms with Crippen LogP contribution in [0.3, 0.4) is 0 Å². The van der Waals surface area contributed by atoms with E-state index in [1.807, 2.05) is 0 Å². The van der Waals surface area contributed by atoms with E-state index in [0.29, 0.717) is 0 Å². The quantitative estimate of drug-likeness (QED) is 0.200. The monoisotopic (exact) mass is 575 g/mol. The van der Waals surface area contributed by atoms with E-state index in [1.165, 1.54) is 66.0 Å². The largest absolute Gasteiger partial charge is 0.455 e. The first-order valence-electron chi connectivity index (χ1n) is 15.7. The van der Waals surface area contributed by atoms with Crippen LogP contribution in [-0.4, -0.2) is 4.57 Å². The van der Waals surface area contributed by atoms with Gasteiger partial charge in [-0.1, -0.05) is 117 Å². The highest BCUT2D eigenvalue weighted by Crippen LogP contribution is 2.50. The molecule has 2 nitrogen and oxygen atoms in total. The topological polar surface area (TPSA) is 18.1 Å². The third-order valence-electron chi connectivity index (χ3n) is 10.2. The standard InChI is InChI=1S/C43H29NO/c1-43(2)35-18-10-8-14-29(35)30-22-20-27(25-36(30)43)26-21-23-37-34(24-26)40-41(44(37)28-12-4-3-5-13-28)32-16-7-6-15-31(32)39-33-17-9-11-19-38(33)45-42(39)40/h3-25H,1-2H3. The van der Waals surface area contributed by atoms with Crippen LogP contribution in [0.15, 0.2) is 144 Å². The summed E-state index contributed by atoms with van der Waals surface area (Å²) in [6.07, 6.45) is 0. The van der Waals surface area contributed by atoms with Gasteiger partial charge in [-0.25, -0.2) is 0 Å². The first-order valence-corrected chi connectivity index (χ1v) is 15.7. The zero-order chi connectivity index (χ0) is 29.9. The molecule has 0 unspecified atom stereocenters. The molecule has 1 aliphatic carbocycles. The summed E-state index contributed by atoms with van der Waals surface area (Å²) in [6, 6.07) is 50.8. The van der Waals surface area contributed by atoms with Crippen molar-refractivity contribution in [3.8, 4) is 27.9 Å². The van der Waals surface area contributed by atoms with Gasteiger partial charge in [0, 0.05) is 32.6 Å². The number of furan rings is 1. The van der Waals surface area contributed by atoms with Crippen molar-refractivity contribution in [2.75, 3.05) is 0 Å². The van der Waals surface area contributed by atoms with Crippen molar-refractivity contribution in [1.82, 2.24) is 4.57 Å². The second-order valence-corrected chi connectivity index (χ2v) is 12.9. The Morgan fingerprint density at radius 3 is 2.04 bits per heavy atom. The minimum absolute atomic E-state index is 0.0469. The van der Waals surface area contributed by atoms with E-state index >= 15 is 0 Å². The third kappa shape index (κ3) is 3.24. The minimum Gasteiger partial charge on any atom is -0.455 e. The van der Waals surface area contributed by atoms with Gasteiger partial charge < -0.3 is 8.98 Å². The molecule has 0 spiro atoms. The summed E-state index contributed by atoms with van der Waals surface area (Å²) in [5.41, 5.74) is 13.2. The number of nitrogens with zero attached hydrogens (tertiary/aromatic N) is 1. The maximum Gasteiger partial charge on any atom is 0.146 e. The molecule has 0 N–H and O–H groups in total. The van der Waals surface area contributed by atoms with Crippen LogP contribution < -0.4 is 0 Å². The molecule has 10 rings (SSSR count). The number of rotatable bonds is 2. The van der Waals surface area contributed by atoms with Gasteiger partial charge in [-0.15, -0.1) is 0 Å². The van der Waals surface area contributed by atoms with Crippen molar-refractivity contribution in [2.24, 2.45) is 0 Å². The van der Waals surface area contributed by atoms with Crippen LogP contribution in [0.1, 0.15) is 25.0 Å². The molecule has 0 atom stereocenters. The molecule has 9 aromatic rings. The zero-order valence-electron chi connectivity index (χ0n) is 25.1. The molecule has 212 valence electrons. The molecule has 1 aliphatic rings. The number of fused-ring (bicyclic) bond motifs is 13. The molecular formula is C43H29NO. The second-order valence-electron chi connectivity index (χ2n) is 12.9. The smallest absolute Gasteiger partial charge is 0.146 e. The van der Waals surface area contributed by atoms with Gasteiger partial charge in [-0.2, -0.15) is 0 Å². The molecule has 0 aliphatic heterocycles. The number of benzene rings is 7. The van der Waals surface area contributed by atoms with Crippen LogP contribution in [0, 0.1) is 0 Å². The van der Waals surface area contributed by atoms with Crippen LogP contribution in [0.2, 0.25) is 0 Å². The highest BCUT2D eigenvalue weighted by Gasteiger charge is 2.35. The zero-order valence-corrected chi connectivity index (χ0v) is 25.1. The lowest BCUT2D eigenvalue weighted by Crippen LogP contribution is -2.14. The highest BCUT2D eigenvalue weighted by atomic mass is 16.3. The van der Waals surface area contributed by atoms with Crippen molar-refractivity contribution < 1.29 is 4.42 Å². The number of aromatic nitrogens is 1. The van der Waals surface area contributed by atoms with Gasteiger partial charge in [0.2, 0.25) is 0 Å². The summed E-state index contributed by atoms with van der Waals surface area (Å²) in [5, 5.41) is 7.14. The van der Waals surface area contributed by atoms with Gasteiger partial charge >= 0.3 is 0 Å². The summed E-state index contributed by atoms with van der Waals surface area (Å²) < 4.78 is 9.21. The van der Waals surface area contributed by atoms with Crippen LogP contribution in [0.25, 0.3) is 82.5 Å². The van der Waals surface area contributed by atoms with E-state index in [9.17, 15) is 0 Å². The number of para-hydroxylation sites is 2. The average Bonchev–Trinajstić information content (AvgIpc) is 3.71. The Kier molecular flexibility index (Phi) is 4.82. The lowest BCUT2D eigenvalue weighted by molar-refractivity contribution is 0.660. The van der Waals surface area contributed by atoms with E-state index in [-0.39, 0.29) is 5.41 Å². The summed E-state index contributed by atoms with van der Waals surface area (Å²) in [4.78, 5) is 0. The van der Waals surface area contributed by atoms with Crippen LogP contribution >= 0.6 is 0 Å². The fraction of sp³-hybridized carbons (Fsp3) is 0.0698. The molecule has 2 heteroatoms. The molecule has 0 radical (unpaired) electrons. The van der Waals surface area contributed by atoms with Gasteiger partial charge in [0.15, 0.2) is 0 Å². The van der Waals surface area contributed by atoms with Gasteiger partial charge in [-0.05, 0) is 75.2 Å².